The maximum absolute atomic E-state index is 11.8. The Bertz CT molecular complexity index is 739. The molecule has 2 aromatic rings. The monoisotopic (exact) mass is 307 g/mol. The topological polar surface area (TPSA) is 101 Å². The molecular weight excluding hydrogens is 290 g/mol. The van der Waals surface area contributed by atoms with Crippen LogP contribution in [-0.2, 0) is 10.0 Å². The fourth-order valence-corrected chi connectivity index (χ4v) is 2.52. The number of anilines is 1. The Kier molecular flexibility index (Phi) is 4.77. The van der Waals surface area contributed by atoms with Gasteiger partial charge in [-0.2, -0.15) is 0 Å². The van der Waals surface area contributed by atoms with Crippen molar-refractivity contribution in [3.8, 4) is 0 Å². The molecule has 2 rings (SSSR count). The number of carbonyl (C=O) groups is 1. The van der Waals surface area contributed by atoms with E-state index in [1.807, 2.05) is 42.5 Å². The molecule has 2 aromatic carbocycles. The summed E-state index contributed by atoms with van der Waals surface area (Å²) in [5, 5.41) is 12.2. The molecule has 0 aromatic heterocycles. The van der Waals surface area contributed by atoms with Crippen molar-refractivity contribution in [1.29, 1.82) is 0 Å². The van der Waals surface area contributed by atoms with Gasteiger partial charge in [0.1, 0.15) is 0 Å². The molecule has 0 radical (unpaired) electrons. The minimum absolute atomic E-state index is 0.151. The summed E-state index contributed by atoms with van der Waals surface area (Å²) in [5.41, 5.74) is 0.706. The molecule has 0 heterocycles. The molecule has 0 fully saturated rings. The van der Waals surface area contributed by atoms with E-state index < -0.39 is 10.0 Å². The van der Waals surface area contributed by atoms with Gasteiger partial charge in [0.05, 0.1) is 11.4 Å². The SMILES string of the molecule is NS(=O)(=O)CCCNC(=O)Nc1cccc2ccccc12. The van der Waals surface area contributed by atoms with Gasteiger partial charge >= 0.3 is 6.03 Å². The van der Waals surface area contributed by atoms with Crippen molar-refractivity contribution in [3.05, 3.63) is 42.5 Å². The van der Waals surface area contributed by atoms with Gasteiger partial charge in [-0.25, -0.2) is 18.4 Å². The summed E-state index contributed by atoms with van der Waals surface area (Å²) >= 11 is 0. The highest BCUT2D eigenvalue weighted by Gasteiger charge is 2.06. The van der Waals surface area contributed by atoms with E-state index in [1.165, 1.54) is 0 Å². The molecule has 21 heavy (non-hydrogen) atoms. The minimum atomic E-state index is -3.48. The van der Waals surface area contributed by atoms with E-state index in [9.17, 15) is 13.2 Å². The number of rotatable bonds is 5. The zero-order valence-corrected chi connectivity index (χ0v) is 12.2. The Morgan fingerprint density at radius 3 is 2.57 bits per heavy atom. The van der Waals surface area contributed by atoms with Gasteiger partial charge in [-0.15, -0.1) is 0 Å². The van der Waals surface area contributed by atoms with E-state index >= 15 is 0 Å². The average Bonchev–Trinajstić information content (AvgIpc) is 2.43. The first-order valence-corrected chi connectivity index (χ1v) is 8.20. The molecule has 0 saturated carbocycles. The lowest BCUT2D eigenvalue weighted by molar-refractivity contribution is 0.252. The van der Waals surface area contributed by atoms with Gasteiger partial charge in [0.2, 0.25) is 10.0 Å². The fraction of sp³-hybridized carbons (Fsp3) is 0.214. The third kappa shape index (κ3) is 4.73. The predicted octanol–water partition coefficient (Wildman–Crippen LogP) is 1.64. The van der Waals surface area contributed by atoms with Crippen molar-refractivity contribution in [2.45, 2.75) is 6.42 Å². The van der Waals surface area contributed by atoms with Gasteiger partial charge in [0.25, 0.3) is 0 Å². The lowest BCUT2D eigenvalue weighted by atomic mass is 10.1. The second-order valence-corrected chi connectivity index (χ2v) is 6.36. The number of carbonyl (C=O) groups excluding carboxylic acids is 1. The molecule has 0 bridgehead atoms. The smallest absolute Gasteiger partial charge is 0.319 e. The molecular formula is C14H17N3O3S. The molecule has 0 aliphatic carbocycles. The Hall–Kier alpha value is -2.12. The minimum Gasteiger partial charge on any atom is -0.338 e. The van der Waals surface area contributed by atoms with Gasteiger partial charge in [-0.05, 0) is 17.9 Å². The van der Waals surface area contributed by atoms with Crippen LogP contribution in [0.25, 0.3) is 10.8 Å². The van der Waals surface area contributed by atoms with E-state index in [0.717, 1.165) is 10.8 Å². The van der Waals surface area contributed by atoms with Crippen molar-refractivity contribution < 1.29 is 13.2 Å². The normalized spacial score (nSPS) is 11.3. The number of fused-ring (bicyclic) bond motifs is 1. The van der Waals surface area contributed by atoms with Gasteiger partial charge in [-0.1, -0.05) is 36.4 Å². The first-order chi connectivity index (χ1) is 9.96. The molecule has 112 valence electrons. The van der Waals surface area contributed by atoms with Crippen molar-refractivity contribution >= 4 is 32.5 Å². The summed E-state index contributed by atoms with van der Waals surface area (Å²) in [5.74, 6) is -0.151. The fourth-order valence-electron chi connectivity index (χ4n) is 1.98. The Morgan fingerprint density at radius 1 is 1.10 bits per heavy atom. The summed E-state index contributed by atoms with van der Waals surface area (Å²) in [6.45, 7) is 0.243. The van der Waals surface area contributed by atoms with Crippen LogP contribution in [0.3, 0.4) is 0 Å². The molecule has 0 saturated heterocycles. The number of primary sulfonamides is 1. The van der Waals surface area contributed by atoms with Crippen molar-refractivity contribution in [1.82, 2.24) is 5.32 Å². The maximum Gasteiger partial charge on any atom is 0.319 e. The van der Waals surface area contributed by atoms with Crippen LogP contribution in [0, 0.1) is 0 Å². The van der Waals surface area contributed by atoms with Crippen LogP contribution in [-0.4, -0.2) is 26.7 Å². The number of urea groups is 1. The molecule has 2 amide bonds. The molecule has 4 N–H and O–H groups in total. The van der Waals surface area contributed by atoms with Crippen molar-refractivity contribution in [2.24, 2.45) is 5.14 Å². The third-order valence-corrected chi connectivity index (χ3v) is 3.79. The summed E-state index contributed by atoms with van der Waals surface area (Å²) in [4.78, 5) is 11.8. The van der Waals surface area contributed by atoms with Crippen molar-refractivity contribution in [3.63, 3.8) is 0 Å². The Labute approximate surface area is 123 Å². The molecule has 6 nitrogen and oxygen atoms in total. The second-order valence-electron chi connectivity index (χ2n) is 4.63. The van der Waals surface area contributed by atoms with Gasteiger partial charge in [-0.3, -0.25) is 0 Å². The highest BCUT2D eigenvalue weighted by Crippen LogP contribution is 2.22. The average molecular weight is 307 g/mol. The number of hydrogen-bond acceptors (Lipinski definition) is 3. The highest BCUT2D eigenvalue weighted by molar-refractivity contribution is 7.89. The van der Waals surface area contributed by atoms with E-state index in [-0.39, 0.29) is 24.7 Å². The number of hydrogen-bond donors (Lipinski definition) is 3. The third-order valence-electron chi connectivity index (χ3n) is 2.93. The van der Waals surface area contributed by atoms with E-state index in [1.54, 1.807) is 0 Å². The lowest BCUT2D eigenvalue weighted by Crippen LogP contribution is -2.31. The van der Waals surface area contributed by atoms with Crippen LogP contribution in [0.4, 0.5) is 10.5 Å². The summed E-state index contributed by atoms with van der Waals surface area (Å²) in [6.07, 6.45) is 0.280. The largest absolute Gasteiger partial charge is 0.338 e. The van der Waals surface area contributed by atoms with Crippen molar-refractivity contribution in [2.75, 3.05) is 17.6 Å². The van der Waals surface area contributed by atoms with E-state index in [4.69, 9.17) is 5.14 Å². The summed E-state index contributed by atoms with van der Waals surface area (Å²) in [7, 11) is -3.48. The first kappa shape index (κ1) is 15.3. The molecule has 7 heteroatoms. The Morgan fingerprint density at radius 2 is 1.81 bits per heavy atom. The first-order valence-electron chi connectivity index (χ1n) is 6.49. The van der Waals surface area contributed by atoms with E-state index in [0.29, 0.717) is 5.69 Å². The summed E-state index contributed by atoms with van der Waals surface area (Å²) in [6, 6.07) is 13.0. The predicted molar refractivity (Wildman–Crippen MR) is 83.6 cm³/mol. The molecule has 0 aliphatic heterocycles. The Balaban J connectivity index is 1.93. The number of nitrogens with two attached hydrogens (primary N) is 1. The quantitative estimate of drug-likeness (QED) is 0.732. The van der Waals surface area contributed by atoms with Crippen LogP contribution < -0.4 is 15.8 Å². The zero-order chi connectivity index (χ0) is 15.3. The second kappa shape index (κ2) is 6.55. The van der Waals surface area contributed by atoms with Crippen LogP contribution in [0.15, 0.2) is 42.5 Å². The number of nitrogens with one attached hydrogen (secondary N) is 2. The number of amides is 2. The molecule has 0 spiro atoms. The van der Waals surface area contributed by atoms with Crippen LogP contribution in [0.1, 0.15) is 6.42 Å². The van der Waals surface area contributed by atoms with Crippen LogP contribution in [0.2, 0.25) is 0 Å². The van der Waals surface area contributed by atoms with Gasteiger partial charge in [0.15, 0.2) is 0 Å². The van der Waals surface area contributed by atoms with Gasteiger partial charge < -0.3 is 10.6 Å². The lowest BCUT2D eigenvalue weighted by Gasteiger charge is -2.10. The number of benzene rings is 2. The summed E-state index contributed by atoms with van der Waals surface area (Å²) < 4.78 is 21.5. The molecule has 0 aliphatic rings. The molecule has 0 unspecified atom stereocenters. The molecule has 0 atom stereocenters. The maximum atomic E-state index is 11.8. The van der Waals surface area contributed by atoms with Crippen LogP contribution in [0.5, 0.6) is 0 Å². The zero-order valence-electron chi connectivity index (χ0n) is 11.4. The van der Waals surface area contributed by atoms with E-state index in [2.05, 4.69) is 10.6 Å². The standard InChI is InChI=1S/C14H17N3O3S/c15-21(19,20)10-4-9-16-14(18)17-13-8-3-6-11-5-1-2-7-12(11)13/h1-3,5-8H,4,9-10H2,(H2,15,19,20)(H2,16,17,18). The van der Waals surface area contributed by atoms with Gasteiger partial charge in [0, 0.05) is 11.9 Å². The van der Waals surface area contributed by atoms with Crippen LogP contribution >= 0.6 is 0 Å². The number of sulfonamides is 1. The highest BCUT2D eigenvalue weighted by atomic mass is 32.2.